The van der Waals surface area contributed by atoms with Crippen LogP contribution in [0.3, 0.4) is 0 Å². The summed E-state index contributed by atoms with van der Waals surface area (Å²) >= 11 is 0. The normalized spacial score (nSPS) is 24.7. The molecule has 0 aromatic heterocycles. The maximum Gasteiger partial charge on any atom is 0.303 e. The van der Waals surface area contributed by atoms with Crippen LogP contribution in [0.2, 0.25) is 0 Å². The number of hydrogen-bond acceptors (Lipinski definition) is 4. The molecule has 1 aliphatic carbocycles. The van der Waals surface area contributed by atoms with Crippen LogP contribution in [0, 0.1) is 23.2 Å². The van der Waals surface area contributed by atoms with Gasteiger partial charge in [0.15, 0.2) is 0 Å². The molecule has 1 unspecified atom stereocenters. The van der Waals surface area contributed by atoms with Crippen LogP contribution in [0.5, 0.6) is 0 Å². The van der Waals surface area contributed by atoms with E-state index in [2.05, 4.69) is 13.0 Å². The maximum atomic E-state index is 10.6. The number of aliphatic hydroxyl groups excluding tert-OH is 2. The first kappa shape index (κ1) is 24.1. The highest BCUT2D eigenvalue weighted by atomic mass is 16.4. The van der Waals surface area contributed by atoms with Gasteiger partial charge in [-0.3, -0.25) is 4.79 Å². The lowest BCUT2D eigenvalue weighted by molar-refractivity contribution is -0.137. The standard InChI is InChI=1S/C25H35NO4/c1-2-3-6-10-22(27)18-12-14-19(15-13-18)25-21(20(17-26)16-23(25)28)9-7-4-5-8-11-24(29)30/h4,7,12-15,20-23,25,27-28H,2-3,5-6,8-11,16H2,1H3,(H,29,30)/b7-4-/t20-,21+,22?,23-,25-/m1/s1. The summed E-state index contributed by atoms with van der Waals surface area (Å²) in [5.74, 6) is -1.07. The van der Waals surface area contributed by atoms with Crippen molar-refractivity contribution in [1.82, 2.24) is 0 Å². The Hall–Kier alpha value is -2.16. The van der Waals surface area contributed by atoms with E-state index in [1.54, 1.807) is 0 Å². The van der Waals surface area contributed by atoms with Crippen molar-refractivity contribution in [3.63, 3.8) is 0 Å². The number of carboxylic acid groups (broad SMARTS) is 1. The number of benzene rings is 1. The van der Waals surface area contributed by atoms with Crippen molar-refractivity contribution in [1.29, 1.82) is 5.26 Å². The van der Waals surface area contributed by atoms with Gasteiger partial charge in [0, 0.05) is 12.3 Å². The molecule has 164 valence electrons. The molecule has 0 spiro atoms. The van der Waals surface area contributed by atoms with Gasteiger partial charge in [-0.1, -0.05) is 62.6 Å². The number of hydrogen-bond donors (Lipinski definition) is 3. The minimum atomic E-state index is -0.786. The Morgan fingerprint density at radius 3 is 2.60 bits per heavy atom. The monoisotopic (exact) mass is 413 g/mol. The fraction of sp³-hybridized carbons (Fsp3) is 0.600. The highest BCUT2D eigenvalue weighted by molar-refractivity contribution is 5.66. The summed E-state index contributed by atoms with van der Waals surface area (Å²) < 4.78 is 0. The zero-order chi connectivity index (χ0) is 21.9. The number of carbonyl (C=O) groups is 1. The highest BCUT2D eigenvalue weighted by Gasteiger charge is 2.42. The zero-order valence-electron chi connectivity index (χ0n) is 17.9. The minimum Gasteiger partial charge on any atom is -0.481 e. The predicted molar refractivity (Wildman–Crippen MR) is 117 cm³/mol. The van der Waals surface area contributed by atoms with Crippen molar-refractivity contribution in [2.24, 2.45) is 11.8 Å². The Balaban J connectivity index is 2.02. The molecule has 5 heteroatoms. The average Bonchev–Trinajstić information content (AvgIpc) is 3.05. The first-order valence-corrected chi connectivity index (χ1v) is 11.2. The molecule has 3 N–H and O–H groups in total. The van der Waals surface area contributed by atoms with Crippen LogP contribution in [-0.2, 0) is 4.79 Å². The van der Waals surface area contributed by atoms with E-state index in [1.165, 1.54) is 0 Å². The van der Waals surface area contributed by atoms with Crippen molar-refractivity contribution < 1.29 is 20.1 Å². The SMILES string of the molecule is CCCCCC(O)c1ccc([C@@H]2[C@@H](C/C=C\CCCC(=O)O)[C@@H](C#N)C[C@H]2O)cc1. The molecule has 1 aromatic rings. The zero-order valence-corrected chi connectivity index (χ0v) is 17.9. The third-order valence-corrected chi connectivity index (χ3v) is 6.18. The lowest BCUT2D eigenvalue weighted by atomic mass is 9.82. The fourth-order valence-electron chi connectivity index (χ4n) is 4.48. The van der Waals surface area contributed by atoms with Gasteiger partial charge in [0.1, 0.15) is 0 Å². The van der Waals surface area contributed by atoms with Crippen LogP contribution in [0.4, 0.5) is 0 Å². The molecule has 0 heterocycles. The molecule has 5 atom stereocenters. The molecule has 1 aliphatic rings. The summed E-state index contributed by atoms with van der Waals surface area (Å²) in [5, 5.41) is 39.3. The molecule has 0 saturated heterocycles. The van der Waals surface area contributed by atoms with E-state index in [0.29, 0.717) is 25.7 Å². The van der Waals surface area contributed by atoms with E-state index in [-0.39, 0.29) is 24.2 Å². The van der Waals surface area contributed by atoms with Gasteiger partial charge in [-0.15, -0.1) is 0 Å². The Morgan fingerprint density at radius 1 is 1.23 bits per heavy atom. The maximum absolute atomic E-state index is 10.6. The quantitative estimate of drug-likeness (QED) is 0.327. The van der Waals surface area contributed by atoms with Crippen LogP contribution in [0.15, 0.2) is 36.4 Å². The second-order valence-corrected chi connectivity index (χ2v) is 8.40. The summed E-state index contributed by atoms with van der Waals surface area (Å²) in [6.07, 6.45) is 9.61. The van der Waals surface area contributed by atoms with Gasteiger partial charge in [-0.25, -0.2) is 0 Å². The van der Waals surface area contributed by atoms with Gasteiger partial charge >= 0.3 is 5.97 Å². The highest BCUT2D eigenvalue weighted by Crippen LogP contribution is 2.45. The number of aliphatic carboxylic acids is 1. The molecule has 0 radical (unpaired) electrons. The van der Waals surface area contributed by atoms with Crippen molar-refractivity contribution in [3.05, 3.63) is 47.5 Å². The summed E-state index contributed by atoms with van der Waals surface area (Å²) in [7, 11) is 0. The van der Waals surface area contributed by atoms with Crippen LogP contribution in [0.1, 0.15) is 87.9 Å². The number of allylic oxidation sites excluding steroid dienone is 2. The second-order valence-electron chi connectivity index (χ2n) is 8.40. The van der Waals surface area contributed by atoms with Gasteiger partial charge in [0.25, 0.3) is 0 Å². The molecule has 0 aliphatic heterocycles. The lowest BCUT2D eigenvalue weighted by Crippen LogP contribution is -2.18. The lowest BCUT2D eigenvalue weighted by Gasteiger charge is -2.23. The van der Waals surface area contributed by atoms with E-state index in [0.717, 1.165) is 36.8 Å². The minimum absolute atomic E-state index is 0.0288. The number of unbranched alkanes of at least 4 members (excludes halogenated alkanes) is 3. The molecule has 2 rings (SSSR count). The Bertz CT molecular complexity index is 722. The topological polar surface area (TPSA) is 102 Å². The van der Waals surface area contributed by atoms with Crippen LogP contribution in [0.25, 0.3) is 0 Å². The molecular formula is C25H35NO4. The van der Waals surface area contributed by atoms with Crippen molar-refractivity contribution in [2.75, 3.05) is 0 Å². The summed E-state index contributed by atoms with van der Waals surface area (Å²) in [5.41, 5.74) is 1.91. The average molecular weight is 414 g/mol. The Morgan fingerprint density at radius 2 is 1.97 bits per heavy atom. The van der Waals surface area contributed by atoms with Gasteiger partial charge in [0.05, 0.1) is 24.2 Å². The first-order chi connectivity index (χ1) is 14.5. The molecule has 30 heavy (non-hydrogen) atoms. The third-order valence-electron chi connectivity index (χ3n) is 6.18. The van der Waals surface area contributed by atoms with Crippen LogP contribution < -0.4 is 0 Å². The molecular weight excluding hydrogens is 378 g/mol. The Kier molecular flexibility index (Phi) is 10.1. The first-order valence-electron chi connectivity index (χ1n) is 11.2. The van der Waals surface area contributed by atoms with Gasteiger partial charge in [0.2, 0.25) is 0 Å². The van der Waals surface area contributed by atoms with Gasteiger partial charge < -0.3 is 15.3 Å². The van der Waals surface area contributed by atoms with Crippen molar-refractivity contribution in [2.45, 2.75) is 82.8 Å². The largest absolute Gasteiger partial charge is 0.481 e. The fourth-order valence-corrected chi connectivity index (χ4v) is 4.48. The van der Waals surface area contributed by atoms with Crippen LogP contribution in [-0.4, -0.2) is 27.4 Å². The smallest absolute Gasteiger partial charge is 0.303 e. The summed E-state index contributed by atoms with van der Waals surface area (Å²) in [4.78, 5) is 10.6. The van der Waals surface area contributed by atoms with Crippen molar-refractivity contribution >= 4 is 5.97 Å². The molecule has 1 aromatic carbocycles. The van der Waals surface area contributed by atoms with E-state index in [9.17, 15) is 20.3 Å². The number of aliphatic hydroxyl groups is 2. The molecule has 0 amide bonds. The predicted octanol–water partition coefficient (Wildman–Crippen LogP) is 5.11. The van der Waals surface area contributed by atoms with Crippen molar-refractivity contribution in [3.8, 4) is 6.07 Å². The number of nitrogens with zero attached hydrogens (tertiary/aromatic N) is 1. The molecule has 0 bridgehead atoms. The van der Waals surface area contributed by atoms with Crippen LogP contribution >= 0.6 is 0 Å². The van der Waals surface area contributed by atoms with E-state index in [4.69, 9.17) is 5.11 Å². The third kappa shape index (κ3) is 6.97. The Labute approximate surface area is 180 Å². The molecule has 1 saturated carbocycles. The van der Waals surface area contributed by atoms with Gasteiger partial charge in [-0.2, -0.15) is 5.26 Å². The number of rotatable bonds is 12. The second kappa shape index (κ2) is 12.5. The van der Waals surface area contributed by atoms with E-state index < -0.39 is 18.2 Å². The number of nitriles is 1. The summed E-state index contributed by atoms with van der Waals surface area (Å²) in [6.45, 7) is 2.14. The van der Waals surface area contributed by atoms with E-state index >= 15 is 0 Å². The summed E-state index contributed by atoms with van der Waals surface area (Å²) in [6, 6.07) is 10.2. The van der Waals surface area contributed by atoms with Gasteiger partial charge in [-0.05, 0) is 49.1 Å². The number of carboxylic acids is 1. The van der Waals surface area contributed by atoms with E-state index in [1.807, 2.05) is 36.4 Å². The molecule has 1 fully saturated rings. The molecule has 5 nitrogen and oxygen atoms in total.